The number of hydrogen-bond acceptors (Lipinski definition) is 7. The Hall–Kier alpha value is -3.43. The second-order valence-electron chi connectivity index (χ2n) is 7.53. The molecule has 3 N–H and O–H groups in total. The van der Waals surface area contributed by atoms with Crippen LogP contribution in [0.3, 0.4) is 0 Å². The summed E-state index contributed by atoms with van der Waals surface area (Å²) in [6.45, 7) is 3.61. The molecule has 0 aliphatic carbocycles. The number of nitrogens with two attached hydrogens (primary N) is 1. The summed E-state index contributed by atoms with van der Waals surface area (Å²) in [5.41, 5.74) is 1.57. The first-order chi connectivity index (χ1) is 14.8. The number of carbonyl (C=O) groups is 1. The van der Waals surface area contributed by atoms with Gasteiger partial charge >= 0.3 is 6.18 Å². The van der Waals surface area contributed by atoms with Crippen LogP contribution < -0.4 is 11.1 Å². The van der Waals surface area contributed by atoms with Crippen molar-refractivity contribution in [2.75, 3.05) is 5.32 Å². The number of nitriles is 1. The minimum absolute atomic E-state index is 0.0135. The molecule has 12 heteroatoms. The number of nitrogens with one attached hydrogen (secondary N) is 1. The average molecular weight is 450 g/mol. The smallest absolute Gasteiger partial charge is 0.339 e. The van der Waals surface area contributed by atoms with Gasteiger partial charge in [0, 0.05) is 12.4 Å². The van der Waals surface area contributed by atoms with Gasteiger partial charge in [0.05, 0.1) is 5.56 Å². The first kappa shape index (κ1) is 23.2. The summed E-state index contributed by atoms with van der Waals surface area (Å²) in [6, 6.07) is 5.51. The van der Waals surface area contributed by atoms with Gasteiger partial charge in [0.15, 0.2) is 5.60 Å². The fraction of sp³-hybridized carbons (Fsp3) is 0.350. The summed E-state index contributed by atoms with van der Waals surface area (Å²) in [6.07, 6.45) is -4.73. The second-order valence-corrected chi connectivity index (χ2v) is 7.53. The number of pyridine rings is 2. The number of hydrogen-bond donors (Lipinski definition) is 2. The predicted molar refractivity (Wildman–Crippen MR) is 105 cm³/mol. The van der Waals surface area contributed by atoms with Crippen LogP contribution in [0.5, 0.6) is 0 Å². The van der Waals surface area contributed by atoms with Crippen molar-refractivity contribution in [3.63, 3.8) is 0 Å². The van der Waals surface area contributed by atoms with Crippen molar-refractivity contribution < 1.29 is 27.1 Å². The number of aromatic nitrogens is 2. The Balaban J connectivity index is 1.93. The second kappa shape index (κ2) is 7.92. The van der Waals surface area contributed by atoms with E-state index in [-0.39, 0.29) is 17.1 Å². The van der Waals surface area contributed by atoms with Crippen LogP contribution in [0.1, 0.15) is 41.2 Å². The average Bonchev–Trinajstić information content (AvgIpc) is 2.71. The summed E-state index contributed by atoms with van der Waals surface area (Å²) in [4.78, 5) is 24.4. The highest BCUT2D eigenvalue weighted by atomic mass is 19.4. The summed E-state index contributed by atoms with van der Waals surface area (Å²) in [7, 11) is 0. The third-order valence-electron chi connectivity index (χ3n) is 5.06. The SMILES string of the molecule is Cc1cc(C#N)cnc1C(=O)Nc1ccc(F)c([C@@]2(C)N=C[C@](C)(C(F)(F)F)OC2N)n1. The number of rotatable bonds is 3. The van der Waals surface area contributed by atoms with Crippen LogP contribution in [-0.2, 0) is 10.3 Å². The highest BCUT2D eigenvalue weighted by Gasteiger charge is 2.57. The number of anilines is 1. The zero-order valence-corrected chi connectivity index (χ0v) is 17.2. The number of aliphatic imine (C=N–C) groups is 1. The van der Waals surface area contributed by atoms with E-state index in [1.807, 2.05) is 6.07 Å². The summed E-state index contributed by atoms with van der Waals surface area (Å²) >= 11 is 0. The molecular weight excluding hydrogens is 432 g/mol. The van der Waals surface area contributed by atoms with E-state index in [4.69, 9.17) is 15.7 Å². The molecule has 3 heterocycles. The Labute approximate surface area is 180 Å². The molecule has 3 rings (SSSR count). The normalized spacial score (nSPS) is 25.3. The Morgan fingerprint density at radius 2 is 2.03 bits per heavy atom. The zero-order valence-electron chi connectivity index (χ0n) is 17.2. The number of amides is 1. The fourth-order valence-electron chi connectivity index (χ4n) is 2.99. The summed E-state index contributed by atoms with van der Waals surface area (Å²) in [5.74, 6) is -1.69. The summed E-state index contributed by atoms with van der Waals surface area (Å²) < 4.78 is 59.3. The standard InChI is InChI=1S/C20H18F4N6O2/c1-10-6-11(7-25)8-27-14(10)16(31)30-13-5-4-12(21)15(29-13)19(3)17(26)32-18(2,9-28-19)20(22,23)24/h4-6,8-9,17H,26H2,1-3H3,(H,29,30,31)/t17?,18-,19-/m1/s1. The highest BCUT2D eigenvalue weighted by Crippen LogP contribution is 2.41. The van der Waals surface area contributed by atoms with E-state index >= 15 is 0 Å². The van der Waals surface area contributed by atoms with E-state index in [9.17, 15) is 22.4 Å². The van der Waals surface area contributed by atoms with Gasteiger partial charge in [-0.2, -0.15) is 18.4 Å². The van der Waals surface area contributed by atoms with Crippen LogP contribution in [0.25, 0.3) is 0 Å². The molecule has 168 valence electrons. The molecule has 0 saturated carbocycles. The number of aryl methyl sites for hydroxylation is 1. The lowest BCUT2D eigenvalue weighted by Crippen LogP contribution is -2.59. The molecule has 1 aliphatic heterocycles. The molecule has 2 aromatic heterocycles. The van der Waals surface area contributed by atoms with Gasteiger partial charge in [-0.05, 0) is 44.5 Å². The molecule has 3 atom stereocenters. The lowest BCUT2D eigenvalue weighted by Gasteiger charge is -2.42. The van der Waals surface area contributed by atoms with Gasteiger partial charge in [-0.1, -0.05) is 0 Å². The molecule has 1 unspecified atom stereocenters. The number of nitrogens with zero attached hydrogens (tertiary/aromatic N) is 4. The number of ether oxygens (including phenoxy) is 1. The molecule has 0 spiro atoms. The molecule has 1 aliphatic rings. The van der Waals surface area contributed by atoms with Gasteiger partial charge in [0.1, 0.15) is 40.9 Å². The molecule has 8 nitrogen and oxygen atoms in total. The quantitative estimate of drug-likeness (QED) is 0.693. The van der Waals surface area contributed by atoms with Gasteiger partial charge in [-0.25, -0.2) is 14.4 Å². The molecule has 2 aromatic rings. The van der Waals surface area contributed by atoms with Crippen LogP contribution >= 0.6 is 0 Å². The van der Waals surface area contributed by atoms with Crippen molar-refractivity contribution in [3.8, 4) is 6.07 Å². The van der Waals surface area contributed by atoms with Crippen molar-refractivity contribution in [1.29, 1.82) is 5.26 Å². The van der Waals surface area contributed by atoms with Crippen LogP contribution in [0.15, 0.2) is 29.4 Å². The zero-order chi connectivity index (χ0) is 23.9. The first-order valence-electron chi connectivity index (χ1n) is 9.22. The van der Waals surface area contributed by atoms with Crippen molar-refractivity contribution in [2.45, 2.75) is 44.3 Å². The summed E-state index contributed by atoms with van der Waals surface area (Å²) in [5, 5.41) is 11.3. The maximum atomic E-state index is 14.6. The maximum Gasteiger partial charge on any atom is 0.422 e. The van der Waals surface area contributed by atoms with E-state index in [1.165, 1.54) is 19.2 Å². The topological polar surface area (TPSA) is 126 Å². The van der Waals surface area contributed by atoms with Crippen LogP contribution in [0.4, 0.5) is 23.4 Å². The minimum atomic E-state index is -4.79. The Morgan fingerprint density at radius 3 is 2.59 bits per heavy atom. The largest absolute Gasteiger partial charge is 0.422 e. The molecule has 32 heavy (non-hydrogen) atoms. The lowest BCUT2D eigenvalue weighted by atomic mass is 9.91. The molecule has 0 fully saturated rings. The van der Waals surface area contributed by atoms with Gasteiger partial charge in [0.2, 0.25) is 0 Å². The van der Waals surface area contributed by atoms with Crippen LogP contribution in [0.2, 0.25) is 0 Å². The van der Waals surface area contributed by atoms with Crippen molar-refractivity contribution in [3.05, 3.63) is 52.7 Å². The van der Waals surface area contributed by atoms with Crippen molar-refractivity contribution >= 4 is 17.9 Å². The van der Waals surface area contributed by atoms with Crippen molar-refractivity contribution in [2.24, 2.45) is 10.7 Å². The molecule has 0 aromatic carbocycles. The molecule has 0 radical (unpaired) electrons. The van der Waals surface area contributed by atoms with Crippen LogP contribution in [-0.4, -0.2) is 40.1 Å². The minimum Gasteiger partial charge on any atom is -0.339 e. The van der Waals surface area contributed by atoms with Gasteiger partial charge in [0.25, 0.3) is 5.91 Å². The fourth-order valence-corrected chi connectivity index (χ4v) is 2.99. The highest BCUT2D eigenvalue weighted by molar-refractivity contribution is 6.03. The number of carbonyl (C=O) groups excluding carboxylic acids is 1. The lowest BCUT2D eigenvalue weighted by molar-refractivity contribution is -0.263. The monoisotopic (exact) mass is 450 g/mol. The Morgan fingerprint density at radius 1 is 1.34 bits per heavy atom. The molecule has 1 amide bonds. The van der Waals surface area contributed by atoms with E-state index in [0.29, 0.717) is 11.8 Å². The van der Waals surface area contributed by atoms with Crippen LogP contribution in [0, 0.1) is 24.1 Å². The Bertz CT molecular complexity index is 1150. The Kier molecular flexibility index (Phi) is 5.75. The number of halogens is 4. The van der Waals surface area contributed by atoms with Gasteiger partial charge in [-0.15, -0.1) is 0 Å². The van der Waals surface area contributed by atoms with Gasteiger partial charge in [-0.3, -0.25) is 9.79 Å². The van der Waals surface area contributed by atoms with E-state index in [0.717, 1.165) is 19.1 Å². The van der Waals surface area contributed by atoms with E-state index in [1.54, 1.807) is 6.92 Å². The maximum absolute atomic E-state index is 14.6. The third-order valence-corrected chi connectivity index (χ3v) is 5.06. The predicted octanol–water partition coefficient (Wildman–Crippen LogP) is 2.97. The van der Waals surface area contributed by atoms with E-state index in [2.05, 4.69) is 20.3 Å². The van der Waals surface area contributed by atoms with Crippen molar-refractivity contribution in [1.82, 2.24) is 9.97 Å². The van der Waals surface area contributed by atoms with Gasteiger partial charge < -0.3 is 15.8 Å². The van der Waals surface area contributed by atoms with E-state index < -0.39 is 41.0 Å². The first-order valence-corrected chi connectivity index (χ1v) is 9.22. The number of alkyl halides is 3. The third kappa shape index (κ3) is 4.04. The molecular formula is C20H18F4N6O2. The molecule has 0 bridgehead atoms. The molecule has 0 saturated heterocycles.